The van der Waals surface area contributed by atoms with Crippen LogP contribution in [-0.2, 0) is 20.7 Å². The number of carbonyl (C=O) groups is 2. The normalized spacial score (nSPS) is 9.50. The molecule has 3 nitrogen and oxygen atoms in total. The van der Waals surface area contributed by atoms with E-state index in [2.05, 4.69) is 4.74 Å². The first-order valence-electron chi connectivity index (χ1n) is 4.49. The maximum Gasteiger partial charge on any atom is 0.317 e. The average molecular weight is 192 g/mol. The molecule has 0 aliphatic carbocycles. The maximum absolute atomic E-state index is 11.1. The van der Waals surface area contributed by atoms with Gasteiger partial charge in [-0.05, 0) is 5.56 Å². The van der Waals surface area contributed by atoms with Gasteiger partial charge >= 0.3 is 11.9 Å². The van der Waals surface area contributed by atoms with E-state index in [1.807, 2.05) is 30.3 Å². The first-order valence-corrected chi connectivity index (χ1v) is 4.49. The third kappa shape index (κ3) is 3.39. The van der Waals surface area contributed by atoms with Gasteiger partial charge in [-0.3, -0.25) is 9.59 Å². The lowest BCUT2D eigenvalue weighted by atomic mass is 10.2. The molecule has 0 unspecified atom stereocenters. The second kappa shape index (κ2) is 5.17. The Balaban J connectivity index is 2.46. The van der Waals surface area contributed by atoms with Crippen LogP contribution in [0.2, 0.25) is 0 Å². The van der Waals surface area contributed by atoms with E-state index >= 15 is 0 Å². The minimum atomic E-state index is -0.497. The number of esters is 2. The third-order valence-electron chi connectivity index (χ3n) is 1.71. The molecule has 0 saturated carbocycles. The molecule has 0 saturated heterocycles. The highest BCUT2D eigenvalue weighted by atomic mass is 16.6. The number of ether oxygens (including phenoxy) is 1. The van der Waals surface area contributed by atoms with Crippen molar-refractivity contribution in [1.82, 2.24) is 0 Å². The van der Waals surface area contributed by atoms with Crippen LogP contribution in [0.1, 0.15) is 18.9 Å². The van der Waals surface area contributed by atoms with Crippen LogP contribution in [0.25, 0.3) is 0 Å². The van der Waals surface area contributed by atoms with E-state index in [-0.39, 0.29) is 12.8 Å². The van der Waals surface area contributed by atoms with Gasteiger partial charge in [0, 0.05) is 6.42 Å². The fraction of sp³-hybridized carbons (Fsp3) is 0.273. The molecule has 0 aliphatic rings. The molecule has 0 atom stereocenters. The molecule has 0 spiro atoms. The summed E-state index contributed by atoms with van der Waals surface area (Å²) < 4.78 is 4.53. The zero-order valence-corrected chi connectivity index (χ0v) is 8.03. The molecule has 0 aromatic heterocycles. The Morgan fingerprint density at radius 1 is 1.14 bits per heavy atom. The Hall–Kier alpha value is -1.64. The third-order valence-corrected chi connectivity index (χ3v) is 1.71. The van der Waals surface area contributed by atoms with Crippen molar-refractivity contribution in [2.24, 2.45) is 0 Å². The van der Waals surface area contributed by atoms with E-state index in [0.717, 1.165) is 5.56 Å². The van der Waals surface area contributed by atoms with E-state index in [9.17, 15) is 9.59 Å². The lowest BCUT2D eigenvalue weighted by Gasteiger charge is -2.00. The molecule has 0 amide bonds. The van der Waals surface area contributed by atoms with Gasteiger partial charge in [-0.1, -0.05) is 37.3 Å². The molecule has 0 heterocycles. The monoisotopic (exact) mass is 192 g/mol. The van der Waals surface area contributed by atoms with E-state index in [0.29, 0.717) is 0 Å². The average Bonchev–Trinajstić information content (AvgIpc) is 2.19. The van der Waals surface area contributed by atoms with Crippen LogP contribution in [-0.4, -0.2) is 11.9 Å². The summed E-state index contributed by atoms with van der Waals surface area (Å²) in [5.41, 5.74) is 0.849. The molecule has 3 heteroatoms. The van der Waals surface area contributed by atoms with Gasteiger partial charge < -0.3 is 4.74 Å². The molecule has 1 rings (SSSR count). The summed E-state index contributed by atoms with van der Waals surface area (Å²) in [6, 6.07) is 9.18. The summed E-state index contributed by atoms with van der Waals surface area (Å²) in [5.74, 6) is -0.978. The van der Waals surface area contributed by atoms with Crippen molar-refractivity contribution in [3.63, 3.8) is 0 Å². The van der Waals surface area contributed by atoms with Crippen LogP contribution in [0.3, 0.4) is 0 Å². The first-order chi connectivity index (χ1) is 6.72. The molecule has 0 fully saturated rings. The van der Waals surface area contributed by atoms with Gasteiger partial charge in [-0.15, -0.1) is 0 Å². The van der Waals surface area contributed by atoms with Crippen molar-refractivity contribution in [1.29, 1.82) is 0 Å². The molecule has 1 aromatic carbocycles. The zero-order valence-electron chi connectivity index (χ0n) is 8.03. The van der Waals surface area contributed by atoms with Crippen LogP contribution < -0.4 is 0 Å². The topological polar surface area (TPSA) is 43.4 Å². The minimum absolute atomic E-state index is 0.145. The number of carbonyl (C=O) groups excluding carboxylic acids is 2. The second-order valence-corrected chi connectivity index (χ2v) is 2.86. The summed E-state index contributed by atoms with van der Waals surface area (Å²) in [6.45, 7) is 1.65. The molecular weight excluding hydrogens is 180 g/mol. The van der Waals surface area contributed by atoms with Gasteiger partial charge in [-0.2, -0.15) is 0 Å². The Bertz CT molecular complexity index is 317. The van der Waals surface area contributed by atoms with E-state index < -0.39 is 11.9 Å². The highest BCUT2D eigenvalue weighted by Gasteiger charge is 2.08. The second-order valence-electron chi connectivity index (χ2n) is 2.86. The molecule has 74 valence electrons. The summed E-state index contributed by atoms with van der Waals surface area (Å²) >= 11 is 0. The van der Waals surface area contributed by atoms with Crippen LogP contribution in [0.5, 0.6) is 0 Å². The SMILES string of the molecule is CCC(=O)OC(=O)Cc1ccccc1. The predicted octanol–water partition coefficient (Wildman–Crippen LogP) is 1.71. The van der Waals surface area contributed by atoms with Crippen molar-refractivity contribution in [3.05, 3.63) is 35.9 Å². The lowest BCUT2D eigenvalue weighted by molar-refractivity contribution is -0.158. The van der Waals surface area contributed by atoms with Crippen LogP contribution >= 0.6 is 0 Å². The maximum atomic E-state index is 11.1. The molecule has 0 N–H and O–H groups in total. The van der Waals surface area contributed by atoms with Crippen molar-refractivity contribution in [2.45, 2.75) is 19.8 Å². The largest absolute Gasteiger partial charge is 0.393 e. The van der Waals surface area contributed by atoms with Gasteiger partial charge in [0.15, 0.2) is 0 Å². The molecule has 14 heavy (non-hydrogen) atoms. The molecule has 1 aromatic rings. The smallest absolute Gasteiger partial charge is 0.317 e. The van der Waals surface area contributed by atoms with Gasteiger partial charge in [0.2, 0.25) is 0 Å². The number of rotatable bonds is 3. The summed E-state index contributed by atoms with van der Waals surface area (Å²) in [7, 11) is 0. The number of hydrogen-bond donors (Lipinski definition) is 0. The summed E-state index contributed by atoms with van der Waals surface area (Å²) in [4.78, 5) is 21.9. The zero-order chi connectivity index (χ0) is 10.4. The molecule has 0 radical (unpaired) electrons. The lowest BCUT2D eigenvalue weighted by Crippen LogP contribution is -2.13. The predicted molar refractivity (Wildman–Crippen MR) is 51.5 cm³/mol. The Morgan fingerprint density at radius 2 is 1.79 bits per heavy atom. The van der Waals surface area contributed by atoms with Crippen LogP contribution in [0.15, 0.2) is 30.3 Å². The van der Waals surface area contributed by atoms with Crippen molar-refractivity contribution in [2.75, 3.05) is 0 Å². The highest BCUT2D eigenvalue weighted by molar-refractivity contribution is 5.86. The standard InChI is InChI=1S/C11H12O3/c1-2-10(12)14-11(13)8-9-6-4-3-5-7-9/h3-7H,2,8H2,1H3. The fourth-order valence-electron chi connectivity index (χ4n) is 0.998. The van der Waals surface area contributed by atoms with Gasteiger partial charge in [0.25, 0.3) is 0 Å². The first kappa shape index (κ1) is 10.4. The Labute approximate surface area is 82.7 Å². The molecule has 0 bridgehead atoms. The van der Waals surface area contributed by atoms with Gasteiger partial charge in [0.1, 0.15) is 0 Å². The van der Waals surface area contributed by atoms with Crippen molar-refractivity contribution < 1.29 is 14.3 Å². The Morgan fingerprint density at radius 3 is 2.36 bits per heavy atom. The van der Waals surface area contributed by atoms with Gasteiger partial charge in [0.05, 0.1) is 6.42 Å². The summed E-state index contributed by atoms with van der Waals surface area (Å²) in [5, 5.41) is 0. The Kier molecular flexibility index (Phi) is 3.85. The van der Waals surface area contributed by atoms with Crippen molar-refractivity contribution in [3.8, 4) is 0 Å². The minimum Gasteiger partial charge on any atom is -0.393 e. The van der Waals surface area contributed by atoms with E-state index in [1.165, 1.54) is 0 Å². The quantitative estimate of drug-likeness (QED) is 0.541. The number of benzene rings is 1. The fourth-order valence-corrected chi connectivity index (χ4v) is 0.998. The van der Waals surface area contributed by atoms with Crippen LogP contribution in [0, 0.1) is 0 Å². The van der Waals surface area contributed by atoms with Gasteiger partial charge in [-0.25, -0.2) is 0 Å². The number of hydrogen-bond acceptors (Lipinski definition) is 3. The van der Waals surface area contributed by atoms with E-state index in [1.54, 1.807) is 6.92 Å². The van der Waals surface area contributed by atoms with E-state index in [4.69, 9.17) is 0 Å². The highest BCUT2D eigenvalue weighted by Crippen LogP contribution is 2.01. The van der Waals surface area contributed by atoms with Crippen molar-refractivity contribution >= 4 is 11.9 Å². The van der Waals surface area contributed by atoms with Crippen LogP contribution in [0.4, 0.5) is 0 Å². The summed E-state index contributed by atoms with van der Waals surface area (Å²) in [6.07, 6.45) is 0.368. The molecular formula is C11H12O3. The molecule has 0 aliphatic heterocycles.